The number of fused-ring (bicyclic) bond motifs is 1. The maximum Gasteiger partial charge on any atom is 0.185 e. The molecule has 3 nitrogen and oxygen atoms in total. The van der Waals surface area contributed by atoms with Crippen LogP contribution in [0.25, 0.3) is 5.52 Å². The zero-order chi connectivity index (χ0) is 9.42. The molecule has 0 aliphatic heterocycles. The van der Waals surface area contributed by atoms with Gasteiger partial charge in [0.1, 0.15) is 4.60 Å². The van der Waals surface area contributed by atoms with Crippen molar-refractivity contribution in [2.45, 2.75) is 6.92 Å². The number of aldehydes is 1. The topological polar surface area (TPSA) is 34.4 Å². The number of hydrogen-bond donors (Lipinski definition) is 0. The first kappa shape index (κ1) is 8.44. The molecule has 0 bridgehead atoms. The normalized spacial score (nSPS) is 10.6. The van der Waals surface area contributed by atoms with Gasteiger partial charge in [0.15, 0.2) is 12.1 Å². The summed E-state index contributed by atoms with van der Waals surface area (Å²) in [6.45, 7) is 1.94. The van der Waals surface area contributed by atoms with E-state index in [1.165, 1.54) is 0 Å². The Hall–Kier alpha value is -1.16. The lowest BCUT2D eigenvalue weighted by atomic mass is 10.3. The molecule has 13 heavy (non-hydrogen) atoms. The standard InChI is InChI=1S/C9H7BrN2O/c1-6-3-2-4-7-9(10)11-8(5-13)12(6)7/h2-5H,1H3. The Morgan fingerprint density at radius 2 is 2.31 bits per heavy atom. The fraction of sp³-hybridized carbons (Fsp3) is 0.111. The minimum absolute atomic E-state index is 0.431. The molecule has 0 aromatic carbocycles. The van der Waals surface area contributed by atoms with Crippen LogP contribution in [0.15, 0.2) is 22.8 Å². The molecule has 2 rings (SSSR count). The van der Waals surface area contributed by atoms with Crippen molar-refractivity contribution in [2.75, 3.05) is 0 Å². The van der Waals surface area contributed by atoms with Crippen molar-refractivity contribution in [1.29, 1.82) is 0 Å². The number of hydrogen-bond acceptors (Lipinski definition) is 2. The van der Waals surface area contributed by atoms with Gasteiger partial charge in [-0.15, -0.1) is 0 Å². The quantitative estimate of drug-likeness (QED) is 0.715. The molecule has 0 amide bonds. The van der Waals surface area contributed by atoms with E-state index in [-0.39, 0.29) is 0 Å². The molecule has 2 aromatic rings. The lowest BCUT2D eigenvalue weighted by Gasteiger charge is -1.99. The molecule has 66 valence electrons. The number of rotatable bonds is 1. The molecule has 0 atom stereocenters. The van der Waals surface area contributed by atoms with E-state index in [1.54, 1.807) is 0 Å². The number of nitrogens with zero attached hydrogens (tertiary/aromatic N) is 2. The summed E-state index contributed by atoms with van der Waals surface area (Å²) < 4.78 is 2.52. The van der Waals surface area contributed by atoms with Gasteiger partial charge >= 0.3 is 0 Å². The second-order valence-electron chi connectivity index (χ2n) is 2.77. The zero-order valence-corrected chi connectivity index (χ0v) is 8.58. The van der Waals surface area contributed by atoms with Gasteiger partial charge in [0.25, 0.3) is 0 Å². The highest BCUT2D eigenvalue weighted by Crippen LogP contribution is 2.19. The van der Waals surface area contributed by atoms with Crippen molar-refractivity contribution in [3.63, 3.8) is 0 Å². The molecule has 0 N–H and O–H groups in total. The van der Waals surface area contributed by atoms with E-state index >= 15 is 0 Å². The van der Waals surface area contributed by atoms with Gasteiger partial charge in [-0.05, 0) is 35.0 Å². The third-order valence-electron chi connectivity index (χ3n) is 1.94. The summed E-state index contributed by atoms with van der Waals surface area (Å²) in [5.74, 6) is 0.431. The molecular weight excluding hydrogens is 232 g/mol. The number of aromatic nitrogens is 2. The van der Waals surface area contributed by atoms with Crippen LogP contribution in [-0.4, -0.2) is 15.7 Å². The van der Waals surface area contributed by atoms with Crippen LogP contribution in [0.1, 0.15) is 16.3 Å². The predicted molar refractivity (Wildman–Crippen MR) is 53.0 cm³/mol. The van der Waals surface area contributed by atoms with Gasteiger partial charge in [0.05, 0.1) is 5.52 Å². The summed E-state index contributed by atoms with van der Waals surface area (Å²) in [5, 5.41) is 0. The summed E-state index contributed by atoms with van der Waals surface area (Å²) in [4.78, 5) is 14.8. The largest absolute Gasteiger partial charge is 0.294 e. The van der Waals surface area contributed by atoms with E-state index in [2.05, 4.69) is 20.9 Å². The Morgan fingerprint density at radius 3 is 3.00 bits per heavy atom. The van der Waals surface area contributed by atoms with E-state index < -0.39 is 0 Å². The zero-order valence-electron chi connectivity index (χ0n) is 6.99. The minimum atomic E-state index is 0.431. The molecule has 0 aliphatic carbocycles. The lowest BCUT2D eigenvalue weighted by Crippen LogP contribution is -1.95. The third-order valence-corrected chi connectivity index (χ3v) is 2.53. The smallest absolute Gasteiger partial charge is 0.185 e. The minimum Gasteiger partial charge on any atom is -0.294 e. The fourth-order valence-corrected chi connectivity index (χ4v) is 1.86. The van der Waals surface area contributed by atoms with E-state index in [0.717, 1.165) is 17.5 Å². The summed E-state index contributed by atoms with van der Waals surface area (Å²) in [6.07, 6.45) is 0.755. The van der Waals surface area contributed by atoms with Crippen LogP contribution in [0, 0.1) is 6.92 Å². The monoisotopic (exact) mass is 238 g/mol. The SMILES string of the molecule is Cc1cccc2c(Br)nc(C=O)n12. The first-order valence-electron chi connectivity index (χ1n) is 3.83. The average Bonchev–Trinajstić information content (AvgIpc) is 2.45. The summed E-state index contributed by atoms with van der Waals surface area (Å²) in [6, 6.07) is 5.79. The van der Waals surface area contributed by atoms with Gasteiger partial charge in [0.2, 0.25) is 0 Å². The molecule has 0 saturated heterocycles. The highest BCUT2D eigenvalue weighted by Gasteiger charge is 2.08. The maximum atomic E-state index is 10.7. The predicted octanol–water partition coefficient (Wildman–Crippen LogP) is 2.22. The van der Waals surface area contributed by atoms with Gasteiger partial charge in [-0.25, -0.2) is 4.98 Å². The van der Waals surface area contributed by atoms with Crippen LogP contribution in [0.2, 0.25) is 0 Å². The first-order chi connectivity index (χ1) is 6.24. The van der Waals surface area contributed by atoms with Gasteiger partial charge in [-0.2, -0.15) is 0 Å². The lowest BCUT2D eigenvalue weighted by molar-refractivity contribution is 0.111. The van der Waals surface area contributed by atoms with Crippen LogP contribution < -0.4 is 0 Å². The number of carbonyl (C=O) groups excluding carboxylic acids is 1. The Labute approximate surface area is 83.5 Å². The van der Waals surface area contributed by atoms with Crippen LogP contribution >= 0.6 is 15.9 Å². The number of halogens is 1. The molecule has 0 unspecified atom stereocenters. The number of carbonyl (C=O) groups is 1. The molecule has 2 aromatic heterocycles. The van der Waals surface area contributed by atoms with Crippen molar-refractivity contribution in [3.8, 4) is 0 Å². The van der Waals surface area contributed by atoms with Gasteiger partial charge in [0, 0.05) is 5.69 Å². The second-order valence-corrected chi connectivity index (χ2v) is 3.52. The molecule has 2 heterocycles. The summed E-state index contributed by atoms with van der Waals surface area (Å²) >= 11 is 3.30. The molecule has 0 saturated carbocycles. The van der Waals surface area contributed by atoms with E-state index in [0.29, 0.717) is 10.4 Å². The van der Waals surface area contributed by atoms with Crippen LogP contribution in [0.3, 0.4) is 0 Å². The molecule has 4 heteroatoms. The Bertz CT molecular complexity index is 476. The van der Waals surface area contributed by atoms with Gasteiger partial charge in [-0.3, -0.25) is 9.20 Å². The molecule has 0 spiro atoms. The summed E-state index contributed by atoms with van der Waals surface area (Å²) in [7, 11) is 0. The number of pyridine rings is 1. The van der Waals surface area contributed by atoms with Crippen molar-refractivity contribution in [2.24, 2.45) is 0 Å². The van der Waals surface area contributed by atoms with E-state index in [4.69, 9.17) is 0 Å². The molecule has 0 radical (unpaired) electrons. The third kappa shape index (κ3) is 1.18. The van der Waals surface area contributed by atoms with Gasteiger partial charge < -0.3 is 0 Å². The van der Waals surface area contributed by atoms with Crippen molar-refractivity contribution >= 4 is 27.7 Å². The fourth-order valence-electron chi connectivity index (χ4n) is 1.37. The average molecular weight is 239 g/mol. The van der Waals surface area contributed by atoms with Gasteiger partial charge in [-0.1, -0.05) is 6.07 Å². The van der Waals surface area contributed by atoms with Crippen molar-refractivity contribution in [1.82, 2.24) is 9.38 Å². The van der Waals surface area contributed by atoms with Crippen LogP contribution in [-0.2, 0) is 0 Å². The highest BCUT2D eigenvalue weighted by molar-refractivity contribution is 9.10. The molecular formula is C9H7BrN2O. The van der Waals surface area contributed by atoms with Crippen LogP contribution in [0.5, 0.6) is 0 Å². The Kier molecular flexibility index (Phi) is 1.92. The van der Waals surface area contributed by atoms with Crippen molar-refractivity contribution in [3.05, 3.63) is 34.3 Å². The second kappa shape index (κ2) is 2.96. The molecule has 0 aliphatic rings. The van der Waals surface area contributed by atoms with E-state index in [1.807, 2.05) is 29.5 Å². The van der Waals surface area contributed by atoms with E-state index in [9.17, 15) is 4.79 Å². The Balaban J connectivity index is 2.96. The number of imidazole rings is 1. The number of aryl methyl sites for hydroxylation is 1. The molecule has 0 fully saturated rings. The first-order valence-corrected chi connectivity index (χ1v) is 4.62. The van der Waals surface area contributed by atoms with Crippen LogP contribution in [0.4, 0.5) is 0 Å². The summed E-state index contributed by atoms with van der Waals surface area (Å²) in [5.41, 5.74) is 1.92. The highest BCUT2D eigenvalue weighted by atomic mass is 79.9. The van der Waals surface area contributed by atoms with Crippen molar-refractivity contribution < 1.29 is 4.79 Å². The maximum absolute atomic E-state index is 10.7. The Morgan fingerprint density at radius 1 is 1.54 bits per heavy atom.